The van der Waals surface area contributed by atoms with Crippen LogP contribution in [-0.4, -0.2) is 54.1 Å². The third kappa shape index (κ3) is 5.17. The van der Waals surface area contributed by atoms with Gasteiger partial charge >= 0.3 is 12.0 Å². The molecule has 1 aliphatic carbocycles. The van der Waals surface area contributed by atoms with E-state index in [1.807, 2.05) is 19.2 Å². The molecular formula is C26H33N7O3. The standard InChI is InChI=1S/C26H33N7O3/c1-3-19-22(33-13-5-6-17(15-33)14-24(34)35)10-9-21(28-19)25-23(32(2)31-30-25)16-36-26-27-12-11-20(29-26)18-7-4-8-18/h9-12,17-18H,3-8,13-16H2,1-2H3,(H,34,35)/t17-/m1/s1. The van der Waals surface area contributed by atoms with Crippen LogP contribution in [0.3, 0.4) is 0 Å². The van der Waals surface area contributed by atoms with Gasteiger partial charge in [0.25, 0.3) is 0 Å². The number of carbonyl (C=O) groups is 1. The lowest BCUT2D eigenvalue weighted by Gasteiger charge is -2.34. The fourth-order valence-corrected chi connectivity index (χ4v) is 5.10. The minimum atomic E-state index is -0.733. The van der Waals surface area contributed by atoms with E-state index >= 15 is 0 Å². The molecule has 3 aromatic heterocycles. The number of hydrogen-bond donors (Lipinski definition) is 1. The predicted molar refractivity (Wildman–Crippen MR) is 134 cm³/mol. The molecule has 0 bridgehead atoms. The molecule has 1 aliphatic heterocycles. The summed E-state index contributed by atoms with van der Waals surface area (Å²) in [6.45, 7) is 3.97. The molecule has 36 heavy (non-hydrogen) atoms. The third-order valence-electron chi connectivity index (χ3n) is 7.31. The van der Waals surface area contributed by atoms with Gasteiger partial charge in [-0.2, -0.15) is 4.98 Å². The number of carboxylic acid groups (broad SMARTS) is 1. The van der Waals surface area contributed by atoms with Crippen LogP contribution in [0.25, 0.3) is 11.4 Å². The number of aryl methyl sites for hydroxylation is 2. The second-order valence-electron chi connectivity index (χ2n) is 9.76. The molecule has 2 fully saturated rings. The molecule has 0 unspecified atom stereocenters. The number of piperidine rings is 1. The molecule has 5 rings (SSSR count). The number of aliphatic carboxylic acids is 1. The molecule has 1 atom stereocenters. The quantitative estimate of drug-likeness (QED) is 0.477. The molecule has 1 N–H and O–H groups in total. The minimum absolute atomic E-state index is 0.161. The number of rotatable bonds is 9. The van der Waals surface area contributed by atoms with E-state index in [0.717, 1.165) is 60.8 Å². The maximum atomic E-state index is 11.2. The van der Waals surface area contributed by atoms with Crippen molar-refractivity contribution in [2.75, 3.05) is 18.0 Å². The Hall–Kier alpha value is -3.56. The first-order valence-electron chi connectivity index (χ1n) is 12.8. The lowest BCUT2D eigenvalue weighted by Crippen LogP contribution is -2.37. The lowest BCUT2D eigenvalue weighted by molar-refractivity contribution is -0.138. The number of pyridine rings is 1. The number of hydrogen-bond acceptors (Lipinski definition) is 8. The SMILES string of the molecule is CCc1nc(-c2nnn(C)c2COc2nccc(C3CCC3)n2)ccc1N1CCC[C@H](CC(=O)O)C1. The minimum Gasteiger partial charge on any atom is -0.481 e. The van der Waals surface area contributed by atoms with Gasteiger partial charge in [-0.3, -0.25) is 4.79 Å². The van der Waals surface area contributed by atoms with E-state index < -0.39 is 5.97 Å². The molecule has 0 spiro atoms. The van der Waals surface area contributed by atoms with E-state index in [1.165, 1.54) is 19.3 Å². The van der Waals surface area contributed by atoms with E-state index in [0.29, 0.717) is 17.6 Å². The average Bonchev–Trinajstić information content (AvgIpc) is 3.21. The van der Waals surface area contributed by atoms with Gasteiger partial charge in [-0.05, 0) is 56.2 Å². The molecule has 190 valence electrons. The Morgan fingerprint density at radius 2 is 2.03 bits per heavy atom. The third-order valence-corrected chi connectivity index (χ3v) is 7.31. The second kappa shape index (κ2) is 10.6. The van der Waals surface area contributed by atoms with E-state index in [9.17, 15) is 9.90 Å². The summed E-state index contributed by atoms with van der Waals surface area (Å²) in [5.41, 5.74) is 5.30. The van der Waals surface area contributed by atoms with Crippen molar-refractivity contribution in [1.82, 2.24) is 29.9 Å². The number of aromatic nitrogens is 6. The second-order valence-corrected chi connectivity index (χ2v) is 9.76. The van der Waals surface area contributed by atoms with Gasteiger partial charge < -0.3 is 14.7 Å². The van der Waals surface area contributed by atoms with Gasteiger partial charge in [0.05, 0.1) is 22.8 Å². The zero-order chi connectivity index (χ0) is 25.1. The van der Waals surface area contributed by atoms with Crippen molar-refractivity contribution < 1.29 is 14.6 Å². The number of nitrogens with zero attached hydrogens (tertiary/aromatic N) is 7. The summed E-state index contributed by atoms with van der Waals surface area (Å²) in [4.78, 5) is 27.3. The molecule has 1 saturated heterocycles. The van der Waals surface area contributed by atoms with Crippen LogP contribution >= 0.6 is 0 Å². The Morgan fingerprint density at radius 3 is 2.78 bits per heavy atom. The van der Waals surface area contributed by atoms with E-state index in [2.05, 4.69) is 38.2 Å². The van der Waals surface area contributed by atoms with Crippen molar-refractivity contribution >= 4 is 11.7 Å². The van der Waals surface area contributed by atoms with Gasteiger partial charge in [-0.15, -0.1) is 5.10 Å². The molecule has 1 saturated carbocycles. The molecule has 0 radical (unpaired) electrons. The molecule has 10 nitrogen and oxygen atoms in total. The predicted octanol–water partition coefficient (Wildman–Crippen LogP) is 3.77. The molecule has 2 aliphatic rings. The fourth-order valence-electron chi connectivity index (χ4n) is 5.10. The summed E-state index contributed by atoms with van der Waals surface area (Å²) in [6, 6.07) is 6.38. The van der Waals surface area contributed by atoms with Crippen LogP contribution in [0.4, 0.5) is 5.69 Å². The number of ether oxygens (including phenoxy) is 1. The van der Waals surface area contributed by atoms with Crippen LogP contribution < -0.4 is 9.64 Å². The summed E-state index contributed by atoms with van der Waals surface area (Å²) < 4.78 is 7.67. The topological polar surface area (TPSA) is 119 Å². The number of anilines is 1. The van der Waals surface area contributed by atoms with E-state index in [4.69, 9.17) is 9.72 Å². The highest BCUT2D eigenvalue weighted by molar-refractivity contribution is 5.67. The zero-order valence-corrected chi connectivity index (χ0v) is 20.9. The summed E-state index contributed by atoms with van der Waals surface area (Å²) in [5, 5.41) is 17.8. The summed E-state index contributed by atoms with van der Waals surface area (Å²) >= 11 is 0. The van der Waals surface area contributed by atoms with Crippen molar-refractivity contribution in [3.63, 3.8) is 0 Å². The monoisotopic (exact) mass is 491 g/mol. The van der Waals surface area contributed by atoms with Crippen molar-refractivity contribution in [3.8, 4) is 17.4 Å². The van der Waals surface area contributed by atoms with Gasteiger partial charge in [0, 0.05) is 38.7 Å². The van der Waals surface area contributed by atoms with Crippen LogP contribution in [0.2, 0.25) is 0 Å². The highest BCUT2D eigenvalue weighted by atomic mass is 16.5. The van der Waals surface area contributed by atoms with Gasteiger partial charge in [0.2, 0.25) is 0 Å². The summed E-state index contributed by atoms with van der Waals surface area (Å²) in [5.74, 6) is -0.0586. The Morgan fingerprint density at radius 1 is 1.17 bits per heavy atom. The molecule has 4 heterocycles. The Labute approximate surface area is 210 Å². The van der Waals surface area contributed by atoms with Crippen LogP contribution in [-0.2, 0) is 24.9 Å². The van der Waals surface area contributed by atoms with Crippen LogP contribution in [0, 0.1) is 5.92 Å². The van der Waals surface area contributed by atoms with E-state index in [-0.39, 0.29) is 18.9 Å². The molecule has 10 heteroatoms. The maximum Gasteiger partial charge on any atom is 0.316 e. The Balaban J connectivity index is 1.34. The first-order valence-corrected chi connectivity index (χ1v) is 12.8. The molecule has 3 aromatic rings. The highest BCUT2D eigenvalue weighted by Crippen LogP contribution is 2.35. The number of carboxylic acids is 1. The lowest BCUT2D eigenvalue weighted by atomic mass is 9.83. The van der Waals surface area contributed by atoms with Crippen molar-refractivity contribution in [1.29, 1.82) is 0 Å². The smallest absolute Gasteiger partial charge is 0.316 e. The van der Waals surface area contributed by atoms with Gasteiger partial charge in [0.15, 0.2) is 0 Å². The fraction of sp³-hybridized carbons (Fsp3) is 0.538. The van der Waals surface area contributed by atoms with Crippen molar-refractivity contribution in [3.05, 3.63) is 41.5 Å². The largest absolute Gasteiger partial charge is 0.481 e. The Bertz CT molecular complexity index is 1220. The molecule has 0 amide bonds. The first-order chi connectivity index (χ1) is 17.5. The van der Waals surface area contributed by atoms with Gasteiger partial charge in [-0.25, -0.2) is 14.6 Å². The van der Waals surface area contributed by atoms with Crippen molar-refractivity contribution in [2.45, 2.75) is 64.4 Å². The van der Waals surface area contributed by atoms with Gasteiger partial charge in [0.1, 0.15) is 18.0 Å². The van der Waals surface area contributed by atoms with Crippen LogP contribution in [0.5, 0.6) is 6.01 Å². The average molecular weight is 492 g/mol. The van der Waals surface area contributed by atoms with Crippen LogP contribution in [0.15, 0.2) is 24.4 Å². The van der Waals surface area contributed by atoms with Crippen LogP contribution in [0.1, 0.15) is 68.4 Å². The van der Waals surface area contributed by atoms with E-state index in [1.54, 1.807) is 10.9 Å². The van der Waals surface area contributed by atoms with Crippen molar-refractivity contribution in [2.24, 2.45) is 13.0 Å². The normalized spacial score (nSPS) is 18.2. The molecular weight excluding hydrogens is 458 g/mol. The first kappa shape index (κ1) is 24.1. The summed E-state index contributed by atoms with van der Waals surface area (Å²) in [7, 11) is 1.84. The molecule has 0 aromatic carbocycles. The highest BCUT2D eigenvalue weighted by Gasteiger charge is 2.25. The van der Waals surface area contributed by atoms with Gasteiger partial charge in [-0.1, -0.05) is 18.6 Å². The summed E-state index contributed by atoms with van der Waals surface area (Å²) in [6.07, 6.45) is 8.26. The zero-order valence-electron chi connectivity index (χ0n) is 20.9. The Kier molecular flexibility index (Phi) is 7.11. The maximum absolute atomic E-state index is 11.2.